The van der Waals surface area contributed by atoms with Gasteiger partial charge in [0.25, 0.3) is 0 Å². The lowest BCUT2D eigenvalue weighted by Crippen LogP contribution is -2.48. The quantitative estimate of drug-likeness (QED) is 0.503. The molecule has 1 aliphatic rings. The molecule has 2 N–H and O–H groups in total. The van der Waals surface area contributed by atoms with Gasteiger partial charge in [-0.15, -0.1) is 0 Å². The van der Waals surface area contributed by atoms with Crippen molar-refractivity contribution in [3.63, 3.8) is 0 Å². The number of aliphatic hydroxyl groups excluding tert-OH is 1. The second kappa shape index (κ2) is 9.82. The van der Waals surface area contributed by atoms with Crippen LogP contribution in [-0.2, 0) is 14.8 Å². The standard InChI is InChI=1S/C23H26N4O5S/c1-2-32-22(29)18-12-24-23(25-13-18)27-10-9-21(28)19(15-27)14-26-33(30,31)20-8-7-16-5-3-4-6-17(16)11-20/h3-8,11-13,19,21,26,28H,2,9-10,14-15H2,1H3/t19-,21+/m1/s1. The van der Waals surface area contributed by atoms with Gasteiger partial charge in [-0.1, -0.05) is 30.3 Å². The third kappa shape index (κ3) is 5.29. The number of piperidine rings is 1. The fourth-order valence-electron chi connectivity index (χ4n) is 3.84. The van der Waals surface area contributed by atoms with E-state index in [9.17, 15) is 18.3 Å². The largest absolute Gasteiger partial charge is 0.462 e. The topological polar surface area (TPSA) is 122 Å². The van der Waals surface area contributed by atoms with E-state index in [0.717, 1.165) is 10.8 Å². The third-order valence-electron chi connectivity index (χ3n) is 5.69. The van der Waals surface area contributed by atoms with Crippen molar-refractivity contribution in [1.29, 1.82) is 0 Å². The van der Waals surface area contributed by atoms with Gasteiger partial charge in [-0.2, -0.15) is 0 Å². The van der Waals surface area contributed by atoms with Gasteiger partial charge >= 0.3 is 5.97 Å². The van der Waals surface area contributed by atoms with Crippen molar-refractivity contribution >= 4 is 32.7 Å². The summed E-state index contributed by atoms with van der Waals surface area (Å²) < 4.78 is 33.3. The zero-order chi connectivity index (χ0) is 23.4. The highest BCUT2D eigenvalue weighted by Crippen LogP contribution is 2.22. The lowest BCUT2D eigenvalue weighted by Gasteiger charge is -2.36. The Morgan fingerprint density at radius 3 is 2.64 bits per heavy atom. The van der Waals surface area contributed by atoms with Crippen LogP contribution in [0.15, 0.2) is 59.8 Å². The minimum atomic E-state index is -3.74. The normalized spacial score (nSPS) is 18.9. The third-order valence-corrected chi connectivity index (χ3v) is 7.11. The molecule has 1 aromatic heterocycles. The number of ether oxygens (including phenoxy) is 1. The first-order chi connectivity index (χ1) is 15.9. The molecule has 1 aliphatic heterocycles. The Morgan fingerprint density at radius 1 is 1.18 bits per heavy atom. The summed E-state index contributed by atoms with van der Waals surface area (Å²) in [5.74, 6) is -0.418. The molecule has 0 radical (unpaired) electrons. The van der Waals surface area contributed by atoms with Crippen LogP contribution in [0.4, 0.5) is 5.95 Å². The molecule has 33 heavy (non-hydrogen) atoms. The van der Waals surface area contributed by atoms with Crippen LogP contribution in [0.1, 0.15) is 23.7 Å². The Morgan fingerprint density at radius 2 is 1.91 bits per heavy atom. The fraction of sp³-hybridized carbons (Fsp3) is 0.348. The maximum absolute atomic E-state index is 12.9. The maximum Gasteiger partial charge on any atom is 0.341 e. The second-order valence-electron chi connectivity index (χ2n) is 7.92. The number of carbonyl (C=O) groups excluding carboxylic acids is 1. The van der Waals surface area contributed by atoms with Gasteiger partial charge in [0.05, 0.1) is 23.2 Å². The molecule has 0 unspecified atom stereocenters. The van der Waals surface area contributed by atoms with Crippen molar-refractivity contribution in [1.82, 2.24) is 14.7 Å². The van der Waals surface area contributed by atoms with Crippen molar-refractivity contribution < 1.29 is 23.1 Å². The number of fused-ring (bicyclic) bond motifs is 1. The summed E-state index contributed by atoms with van der Waals surface area (Å²) in [7, 11) is -3.74. The maximum atomic E-state index is 12.9. The van der Waals surface area contributed by atoms with E-state index in [1.54, 1.807) is 25.1 Å². The molecule has 0 spiro atoms. The monoisotopic (exact) mass is 470 g/mol. The number of aliphatic hydroxyl groups is 1. The summed E-state index contributed by atoms with van der Waals surface area (Å²) >= 11 is 0. The van der Waals surface area contributed by atoms with Gasteiger partial charge in [0.1, 0.15) is 0 Å². The molecular formula is C23H26N4O5S. The molecule has 2 heterocycles. The smallest absolute Gasteiger partial charge is 0.341 e. The summed E-state index contributed by atoms with van der Waals surface area (Å²) in [5, 5.41) is 12.3. The van der Waals surface area contributed by atoms with Crippen molar-refractivity contribution in [2.75, 3.05) is 31.1 Å². The van der Waals surface area contributed by atoms with Gasteiger partial charge in [-0.25, -0.2) is 27.9 Å². The van der Waals surface area contributed by atoms with Crippen LogP contribution in [0.2, 0.25) is 0 Å². The molecule has 0 saturated carbocycles. The first-order valence-corrected chi connectivity index (χ1v) is 12.3. The first kappa shape index (κ1) is 23.1. The minimum Gasteiger partial charge on any atom is -0.462 e. The number of sulfonamides is 1. The lowest BCUT2D eigenvalue weighted by molar-refractivity contribution is 0.0525. The SMILES string of the molecule is CCOC(=O)c1cnc(N2CC[C@H](O)[C@H](CNS(=O)(=O)c3ccc4ccccc4c3)C2)nc1. The zero-order valence-electron chi connectivity index (χ0n) is 18.2. The molecule has 9 nitrogen and oxygen atoms in total. The Hall–Kier alpha value is -3.08. The van der Waals surface area contributed by atoms with E-state index >= 15 is 0 Å². The predicted octanol–water partition coefficient (Wildman–Crippen LogP) is 1.97. The lowest BCUT2D eigenvalue weighted by atomic mass is 9.95. The van der Waals surface area contributed by atoms with Gasteiger partial charge in [-0.05, 0) is 36.2 Å². The average molecular weight is 471 g/mol. The number of rotatable bonds is 7. The summed E-state index contributed by atoms with van der Waals surface area (Å²) in [5.41, 5.74) is 0.261. The van der Waals surface area contributed by atoms with E-state index in [1.807, 2.05) is 29.2 Å². The predicted molar refractivity (Wildman–Crippen MR) is 123 cm³/mol. The van der Waals surface area contributed by atoms with Crippen LogP contribution in [0, 0.1) is 5.92 Å². The van der Waals surface area contributed by atoms with E-state index < -0.39 is 22.1 Å². The number of nitrogens with one attached hydrogen (secondary N) is 1. The molecule has 0 aliphatic carbocycles. The number of carbonyl (C=O) groups is 1. The zero-order valence-corrected chi connectivity index (χ0v) is 19.0. The molecule has 1 saturated heterocycles. The molecular weight excluding hydrogens is 444 g/mol. The van der Waals surface area contributed by atoms with Crippen LogP contribution < -0.4 is 9.62 Å². The van der Waals surface area contributed by atoms with Gasteiger partial charge in [0.2, 0.25) is 16.0 Å². The number of benzene rings is 2. The van der Waals surface area contributed by atoms with E-state index in [-0.39, 0.29) is 29.5 Å². The van der Waals surface area contributed by atoms with Crippen molar-refractivity contribution in [3.05, 3.63) is 60.4 Å². The van der Waals surface area contributed by atoms with Crippen LogP contribution in [0.3, 0.4) is 0 Å². The van der Waals surface area contributed by atoms with E-state index in [0.29, 0.717) is 25.5 Å². The Bertz CT molecular complexity index is 1230. The number of hydrogen-bond donors (Lipinski definition) is 2. The van der Waals surface area contributed by atoms with Crippen LogP contribution >= 0.6 is 0 Å². The highest BCUT2D eigenvalue weighted by Gasteiger charge is 2.30. The van der Waals surface area contributed by atoms with Crippen LogP contribution in [-0.4, -0.2) is 61.8 Å². The summed E-state index contributed by atoms with van der Waals surface area (Å²) in [6.07, 6.45) is 2.61. The molecule has 10 heteroatoms. The summed E-state index contributed by atoms with van der Waals surface area (Å²) in [6, 6.07) is 12.5. The van der Waals surface area contributed by atoms with Gasteiger partial charge < -0.3 is 14.7 Å². The minimum absolute atomic E-state index is 0.0771. The molecule has 3 aromatic rings. The Labute approximate surface area is 192 Å². The van der Waals surface area contributed by atoms with Crippen molar-refractivity contribution in [2.24, 2.45) is 5.92 Å². The number of hydrogen-bond acceptors (Lipinski definition) is 8. The molecule has 4 rings (SSSR count). The molecule has 2 atom stereocenters. The molecule has 174 valence electrons. The number of nitrogens with zero attached hydrogens (tertiary/aromatic N) is 3. The first-order valence-electron chi connectivity index (χ1n) is 10.8. The van der Waals surface area contributed by atoms with Gasteiger partial charge in [0, 0.05) is 37.9 Å². The number of aromatic nitrogens is 2. The average Bonchev–Trinajstić information content (AvgIpc) is 2.83. The highest BCUT2D eigenvalue weighted by molar-refractivity contribution is 7.89. The fourth-order valence-corrected chi connectivity index (χ4v) is 4.97. The van der Waals surface area contributed by atoms with E-state index in [1.165, 1.54) is 12.4 Å². The Balaban J connectivity index is 1.42. The number of anilines is 1. The van der Waals surface area contributed by atoms with Crippen LogP contribution in [0.5, 0.6) is 0 Å². The Kier molecular flexibility index (Phi) is 6.87. The van der Waals surface area contributed by atoms with Crippen LogP contribution in [0.25, 0.3) is 10.8 Å². The highest BCUT2D eigenvalue weighted by atomic mass is 32.2. The molecule has 1 fully saturated rings. The van der Waals surface area contributed by atoms with E-state index in [4.69, 9.17) is 4.74 Å². The molecule has 0 amide bonds. The van der Waals surface area contributed by atoms with E-state index in [2.05, 4.69) is 14.7 Å². The second-order valence-corrected chi connectivity index (χ2v) is 9.68. The summed E-state index contributed by atoms with van der Waals surface area (Å²) in [6.45, 7) is 2.96. The summed E-state index contributed by atoms with van der Waals surface area (Å²) in [4.78, 5) is 22.3. The molecule has 0 bridgehead atoms. The van der Waals surface area contributed by atoms with Gasteiger partial charge in [-0.3, -0.25) is 0 Å². The number of esters is 1. The van der Waals surface area contributed by atoms with Crippen molar-refractivity contribution in [3.8, 4) is 0 Å². The van der Waals surface area contributed by atoms with Crippen molar-refractivity contribution in [2.45, 2.75) is 24.3 Å². The molecule has 2 aromatic carbocycles. The van der Waals surface area contributed by atoms with Gasteiger partial charge in [0.15, 0.2) is 0 Å².